The van der Waals surface area contributed by atoms with Crippen LogP contribution in [0.15, 0.2) is 240 Å². The first kappa shape index (κ1) is 48.9. The molecule has 12 rings (SSSR count). The second-order valence-electron chi connectivity index (χ2n) is 21.2. The number of rotatable bonds is 12. The van der Waals surface area contributed by atoms with Crippen LogP contribution >= 0.6 is 21.8 Å². The van der Waals surface area contributed by atoms with Gasteiger partial charge in [0.1, 0.15) is 0 Å². The van der Waals surface area contributed by atoms with E-state index in [1.165, 1.54) is 115 Å². The van der Waals surface area contributed by atoms with Crippen molar-refractivity contribution in [2.45, 2.75) is 37.5 Å². The number of thioether (sulfide) groups is 1. The van der Waals surface area contributed by atoms with Crippen LogP contribution in [0.5, 0.6) is 0 Å². The molecule has 0 amide bonds. The van der Waals surface area contributed by atoms with E-state index in [0.29, 0.717) is 0 Å². The normalized spacial score (nSPS) is 11.9. The molecule has 0 spiro atoms. The third-order valence-corrected chi connectivity index (χ3v) is 17.5. The fraction of sp³-hybridized carbons (Fsp3) is 0.111. The maximum atomic E-state index is 2.56. The zero-order chi connectivity index (χ0) is 52.2. The van der Waals surface area contributed by atoms with E-state index in [0.717, 1.165) is 28.4 Å². The number of aryl methyl sites for hydroxylation is 4. The average molecular weight is 1020 g/mol. The van der Waals surface area contributed by atoms with E-state index in [4.69, 9.17) is 0 Å². The first-order chi connectivity index (χ1) is 36.9. The molecule has 0 aromatic heterocycles. The molecule has 2 nitrogen and oxygen atoms in total. The first-order valence-electron chi connectivity index (χ1n) is 26.2. The molecule has 372 valence electrons. The highest BCUT2D eigenvalue weighted by Gasteiger charge is 2.29. The number of hydrogen-bond acceptors (Lipinski definition) is 3. The zero-order valence-corrected chi connectivity index (χ0v) is 46.3. The molecule has 0 atom stereocenters. The topological polar surface area (TPSA) is 6.48 Å². The SMILES string of the molecule is CSc1cc(-c2ccc(C)cc2)c(N(c2ccccc2)c2ccc3ccc4c(N(c5ccccc5)c5c(-c6ccc(C)cc6)cc(S(C)(C)C)cc5-c5ccc(C)cc5)ccc5ccc2c3c54)c(-c2ccc(C)cc2)c1. The Morgan fingerprint density at radius 1 is 0.342 bits per heavy atom. The lowest BCUT2D eigenvalue weighted by Crippen LogP contribution is -2.14. The van der Waals surface area contributed by atoms with Crippen molar-refractivity contribution in [3.05, 3.63) is 253 Å². The summed E-state index contributed by atoms with van der Waals surface area (Å²) in [7, 11) is -1.14. The van der Waals surface area contributed by atoms with Gasteiger partial charge in [-0.25, -0.2) is 10.0 Å². The standard InChI is InChI=1S/C72H62N2S2/c1-47-19-27-51(28-20-47)63-43-59(75-5)44-64(52-29-21-48(2)22-30-52)71(63)73(57-15-11-9-12-16-57)67-41-37-55-36-40-62-68(42-38-56-35-39-61(67)69(55)70(56)62)74(58-17-13-10-14-18-58)72-65(53-31-23-49(3)24-32-53)45-60(76(6,7)8)46-66(72)54-33-25-50(4)26-34-54/h9-46H,1-8H3. The van der Waals surface area contributed by atoms with Gasteiger partial charge in [-0.05, 0) is 162 Å². The summed E-state index contributed by atoms with van der Waals surface area (Å²) in [6.07, 6.45) is 9.42. The summed E-state index contributed by atoms with van der Waals surface area (Å²) in [5.41, 5.74) is 21.3. The van der Waals surface area contributed by atoms with E-state index >= 15 is 0 Å². The summed E-state index contributed by atoms with van der Waals surface area (Å²) >= 11 is 1.79. The maximum Gasteiger partial charge on any atom is 0.0619 e. The molecular weight excluding hydrogens is 957 g/mol. The van der Waals surface area contributed by atoms with Crippen molar-refractivity contribution in [3.8, 4) is 44.5 Å². The summed E-state index contributed by atoms with van der Waals surface area (Å²) in [6, 6.07) is 87.0. The van der Waals surface area contributed by atoms with Gasteiger partial charge < -0.3 is 9.80 Å². The number of nitrogens with zero attached hydrogens (tertiary/aromatic N) is 2. The molecule has 4 heteroatoms. The van der Waals surface area contributed by atoms with Crippen LogP contribution in [0.1, 0.15) is 22.3 Å². The second-order valence-corrected chi connectivity index (χ2v) is 26.2. The van der Waals surface area contributed by atoms with Crippen molar-refractivity contribution in [1.82, 2.24) is 0 Å². The number of anilines is 6. The summed E-state index contributed by atoms with van der Waals surface area (Å²) in [5, 5.41) is 7.32. The van der Waals surface area contributed by atoms with Gasteiger partial charge in [-0.3, -0.25) is 0 Å². The fourth-order valence-corrected chi connectivity index (χ4v) is 12.5. The van der Waals surface area contributed by atoms with Crippen LogP contribution in [0.25, 0.3) is 76.8 Å². The minimum Gasteiger partial charge on any atom is -0.309 e. The van der Waals surface area contributed by atoms with E-state index in [-0.39, 0.29) is 0 Å². The number of hydrogen-bond donors (Lipinski definition) is 0. The molecule has 0 N–H and O–H groups in total. The molecule has 0 heterocycles. The van der Waals surface area contributed by atoms with Gasteiger partial charge in [0.2, 0.25) is 0 Å². The van der Waals surface area contributed by atoms with Gasteiger partial charge in [0, 0.05) is 49.3 Å². The maximum absolute atomic E-state index is 2.56. The van der Waals surface area contributed by atoms with E-state index in [9.17, 15) is 0 Å². The molecule has 0 aliphatic heterocycles. The Morgan fingerprint density at radius 3 is 0.974 bits per heavy atom. The Morgan fingerprint density at radius 2 is 0.658 bits per heavy atom. The Balaban J connectivity index is 1.17. The van der Waals surface area contributed by atoms with Crippen LogP contribution in [0, 0.1) is 27.7 Å². The molecule has 0 unspecified atom stereocenters. The zero-order valence-electron chi connectivity index (χ0n) is 44.7. The van der Waals surface area contributed by atoms with Crippen molar-refractivity contribution in [3.63, 3.8) is 0 Å². The largest absolute Gasteiger partial charge is 0.309 e. The molecule has 76 heavy (non-hydrogen) atoms. The summed E-state index contributed by atoms with van der Waals surface area (Å²) < 4.78 is 0. The average Bonchev–Trinajstić information content (AvgIpc) is 3.49. The lowest BCUT2D eigenvalue weighted by atomic mass is 9.89. The highest BCUT2D eigenvalue weighted by molar-refractivity contribution is 8.32. The highest BCUT2D eigenvalue weighted by Crippen LogP contribution is 2.56. The minimum absolute atomic E-state index is 1.10. The van der Waals surface area contributed by atoms with Crippen molar-refractivity contribution >= 4 is 88.2 Å². The third-order valence-electron chi connectivity index (χ3n) is 15.1. The van der Waals surface area contributed by atoms with Crippen molar-refractivity contribution in [2.24, 2.45) is 0 Å². The van der Waals surface area contributed by atoms with Gasteiger partial charge in [-0.2, -0.15) is 0 Å². The lowest BCUT2D eigenvalue weighted by molar-refractivity contribution is 1.28. The molecule has 0 aliphatic rings. The molecule has 12 aromatic rings. The summed E-state index contributed by atoms with van der Waals surface area (Å²) in [4.78, 5) is 7.70. The summed E-state index contributed by atoms with van der Waals surface area (Å²) in [5.74, 6) is 0. The number of benzene rings is 12. The molecule has 0 radical (unpaired) electrons. The molecule has 0 aliphatic carbocycles. The smallest absolute Gasteiger partial charge is 0.0619 e. The van der Waals surface area contributed by atoms with Gasteiger partial charge in [0.25, 0.3) is 0 Å². The minimum atomic E-state index is -1.14. The predicted molar refractivity (Wildman–Crippen MR) is 336 cm³/mol. The Labute approximate surface area is 455 Å². The molecule has 0 saturated carbocycles. The molecular formula is C72H62N2S2. The Kier molecular flexibility index (Phi) is 12.8. The van der Waals surface area contributed by atoms with Crippen LogP contribution < -0.4 is 9.80 Å². The van der Waals surface area contributed by atoms with E-state index in [2.05, 4.69) is 293 Å². The first-order valence-corrected chi connectivity index (χ1v) is 30.3. The molecule has 12 aromatic carbocycles. The van der Waals surface area contributed by atoms with Crippen molar-refractivity contribution < 1.29 is 0 Å². The van der Waals surface area contributed by atoms with Gasteiger partial charge >= 0.3 is 0 Å². The van der Waals surface area contributed by atoms with Crippen LogP contribution in [-0.2, 0) is 0 Å². The monoisotopic (exact) mass is 1020 g/mol. The van der Waals surface area contributed by atoms with E-state index in [1.54, 1.807) is 11.8 Å². The Bertz CT molecular complexity index is 3930. The van der Waals surface area contributed by atoms with Gasteiger partial charge in [0.05, 0.1) is 22.7 Å². The quantitative estimate of drug-likeness (QED) is 0.0889. The van der Waals surface area contributed by atoms with Crippen LogP contribution in [0.2, 0.25) is 0 Å². The van der Waals surface area contributed by atoms with Crippen LogP contribution in [0.4, 0.5) is 34.1 Å². The number of para-hydroxylation sites is 2. The molecule has 0 saturated heterocycles. The van der Waals surface area contributed by atoms with Crippen LogP contribution in [-0.4, -0.2) is 25.0 Å². The highest BCUT2D eigenvalue weighted by atomic mass is 32.3. The van der Waals surface area contributed by atoms with Crippen LogP contribution in [0.3, 0.4) is 0 Å². The third kappa shape index (κ3) is 9.00. The van der Waals surface area contributed by atoms with E-state index in [1.807, 2.05) is 0 Å². The van der Waals surface area contributed by atoms with E-state index < -0.39 is 10.0 Å². The van der Waals surface area contributed by atoms with Crippen molar-refractivity contribution in [2.75, 3.05) is 34.8 Å². The molecule has 0 bridgehead atoms. The van der Waals surface area contributed by atoms with Gasteiger partial charge in [-0.15, -0.1) is 11.8 Å². The second kappa shape index (κ2) is 19.9. The van der Waals surface area contributed by atoms with Gasteiger partial charge in [-0.1, -0.05) is 192 Å². The summed E-state index contributed by atoms with van der Waals surface area (Å²) in [6.45, 7) is 8.69. The molecule has 0 fully saturated rings. The predicted octanol–water partition coefficient (Wildman–Crippen LogP) is 21.2. The lowest BCUT2D eigenvalue weighted by Gasteiger charge is -2.35. The Hall–Kier alpha value is -8.02. The van der Waals surface area contributed by atoms with Gasteiger partial charge in [0.15, 0.2) is 0 Å². The van der Waals surface area contributed by atoms with Crippen molar-refractivity contribution in [1.29, 1.82) is 0 Å². The fourth-order valence-electron chi connectivity index (χ4n) is 11.1.